The first kappa shape index (κ1) is 11.0. The molecule has 1 fully saturated rings. The normalized spacial score (nSPS) is 27.6. The molecule has 84 valence electrons. The molecule has 0 bridgehead atoms. The van der Waals surface area contributed by atoms with Crippen molar-refractivity contribution < 1.29 is 9.84 Å². The standard InChI is InChI=1S/C14H16O2/c1-11-7-9-14(11,15)10-8-12-3-5-13(16-2)6-4-12/h3-6,11,15H,7,9H2,1-2H3/t11-,14+/m1/s1. The van der Waals surface area contributed by atoms with Gasteiger partial charge in [0.1, 0.15) is 11.4 Å². The Hall–Kier alpha value is -1.46. The summed E-state index contributed by atoms with van der Waals surface area (Å²) in [5, 5.41) is 10.0. The Morgan fingerprint density at radius 1 is 1.38 bits per heavy atom. The van der Waals surface area contributed by atoms with Crippen LogP contribution in [0.3, 0.4) is 0 Å². The van der Waals surface area contributed by atoms with Crippen molar-refractivity contribution in [1.82, 2.24) is 0 Å². The minimum Gasteiger partial charge on any atom is -0.497 e. The first-order chi connectivity index (χ1) is 7.64. The number of methoxy groups -OCH3 is 1. The monoisotopic (exact) mass is 216 g/mol. The molecule has 2 rings (SSSR count). The molecule has 16 heavy (non-hydrogen) atoms. The van der Waals surface area contributed by atoms with Crippen molar-refractivity contribution in [2.24, 2.45) is 5.92 Å². The Balaban J connectivity index is 2.12. The molecule has 1 N–H and O–H groups in total. The zero-order valence-corrected chi connectivity index (χ0v) is 9.66. The van der Waals surface area contributed by atoms with E-state index in [0.717, 1.165) is 24.2 Å². The summed E-state index contributed by atoms with van der Waals surface area (Å²) >= 11 is 0. The molecular weight excluding hydrogens is 200 g/mol. The summed E-state index contributed by atoms with van der Waals surface area (Å²) < 4.78 is 5.07. The van der Waals surface area contributed by atoms with Crippen LogP contribution in [0.1, 0.15) is 25.3 Å². The Kier molecular flexibility index (Phi) is 2.89. The van der Waals surface area contributed by atoms with Crippen LogP contribution in [0.15, 0.2) is 24.3 Å². The van der Waals surface area contributed by atoms with Gasteiger partial charge in [-0.3, -0.25) is 0 Å². The molecule has 1 saturated carbocycles. The SMILES string of the molecule is COc1ccc(C#C[C@@]2(O)CC[C@H]2C)cc1. The van der Waals surface area contributed by atoms with Crippen LogP contribution in [-0.4, -0.2) is 17.8 Å². The molecule has 1 aromatic rings. The minimum absolute atomic E-state index is 0.290. The van der Waals surface area contributed by atoms with Gasteiger partial charge in [-0.1, -0.05) is 18.8 Å². The van der Waals surface area contributed by atoms with E-state index in [1.165, 1.54) is 0 Å². The van der Waals surface area contributed by atoms with Gasteiger partial charge in [0, 0.05) is 5.56 Å². The number of hydrogen-bond donors (Lipinski definition) is 1. The number of rotatable bonds is 1. The van der Waals surface area contributed by atoms with Crippen molar-refractivity contribution in [3.05, 3.63) is 29.8 Å². The van der Waals surface area contributed by atoms with E-state index in [4.69, 9.17) is 4.74 Å². The topological polar surface area (TPSA) is 29.5 Å². The molecule has 0 radical (unpaired) electrons. The zero-order chi connectivity index (χ0) is 11.6. The Morgan fingerprint density at radius 3 is 2.50 bits per heavy atom. The van der Waals surface area contributed by atoms with Gasteiger partial charge in [0.2, 0.25) is 0 Å². The van der Waals surface area contributed by atoms with Gasteiger partial charge in [-0.15, -0.1) is 0 Å². The maximum atomic E-state index is 10.0. The van der Waals surface area contributed by atoms with E-state index in [2.05, 4.69) is 11.8 Å². The molecule has 0 saturated heterocycles. The molecule has 0 aliphatic heterocycles. The van der Waals surface area contributed by atoms with Gasteiger partial charge in [0.05, 0.1) is 7.11 Å². The lowest BCUT2D eigenvalue weighted by Crippen LogP contribution is -2.44. The van der Waals surface area contributed by atoms with Crippen LogP contribution in [0.5, 0.6) is 5.75 Å². The van der Waals surface area contributed by atoms with Crippen LogP contribution < -0.4 is 4.74 Å². The average Bonchev–Trinajstić information content (AvgIpc) is 2.34. The minimum atomic E-state index is -0.764. The second-order valence-electron chi connectivity index (χ2n) is 4.34. The molecule has 0 unspecified atom stereocenters. The van der Waals surface area contributed by atoms with Crippen molar-refractivity contribution in [3.8, 4) is 17.6 Å². The second kappa shape index (κ2) is 4.19. The lowest BCUT2D eigenvalue weighted by atomic mass is 9.71. The molecule has 0 amide bonds. The average molecular weight is 216 g/mol. The van der Waals surface area contributed by atoms with Crippen molar-refractivity contribution in [2.75, 3.05) is 7.11 Å². The van der Waals surface area contributed by atoms with E-state index in [-0.39, 0.29) is 0 Å². The summed E-state index contributed by atoms with van der Waals surface area (Å²) in [7, 11) is 1.64. The predicted molar refractivity (Wildman–Crippen MR) is 63.2 cm³/mol. The zero-order valence-electron chi connectivity index (χ0n) is 9.66. The first-order valence-corrected chi connectivity index (χ1v) is 5.54. The highest BCUT2D eigenvalue weighted by Gasteiger charge is 2.40. The Morgan fingerprint density at radius 2 is 2.06 bits per heavy atom. The van der Waals surface area contributed by atoms with Crippen LogP contribution in [0.4, 0.5) is 0 Å². The van der Waals surface area contributed by atoms with Gasteiger partial charge in [-0.25, -0.2) is 0 Å². The van der Waals surface area contributed by atoms with E-state index in [0.29, 0.717) is 5.92 Å². The third-order valence-electron chi connectivity index (χ3n) is 3.29. The highest BCUT2D eigenvalue weighted by Crippen LogP contribution is 2.37. The van der Waals surface area contributed by atoms with Crippen LogP contribution in [0, 0.1) is 17.8 Å². The Bertz CT molecular complexity index is 424. The summed E-state index contributed by atoms with van der Waals surface area (Å²) in [4.78, 5) is 0. The van der Waals surface area contributed by atoms with E-state index in [1.807, 2.05) is 31.2 Å². The molecule has 1 aliphatic rings. The summed E-state index contributed by atoms with van der Waals surface area (Å²) in [5.74, 6) is 7.09. The van der Waals surface area contributed by atoms with Gasteiger partial charge in [0.15, 0.2) is 0 Å². The summed E-state index contributed by atoms with van der Waals surface area (Å²) in [6.07, 6.45) is 1.85. The van der Waals surface area contributed by atoms with Crippen LogP contribution >= 0.6 is 0 Å². The van der Waals surface area contributed by atoms with E-state index in [9.17, 15) is 5.11 Å². The van der Waals surface area contributed by atoms with Gasteiger partial charge < -0.3 is 9.84 Å². The highest BCUT2D eigenvalue weighted by atomic mass is 16.5. The molecule has 1 aliphatic carbocycles. The molecule has 2 atom stereocenters. The number of hydrogen-bond acceptors (Lipinski definition) is 2. The Labute approximate surface area is 96.3 Å². The molecule has 0 spiro atoms. The van der Waals surface area contributed by atoms with Gasteiger partial charge in [-0.2, -0.15) is 0 Å². The van der Waals surface area contributed by atoms with Gasteiger partial charge in [-0.05, 0) is 43.0 Å². The smallest absolute Gasteiger partial charge is 0.128 e. The molecule has 0 heterocycles. The van der Waals surface area contributed by atoms with Crippen molar-refractivity contribution in [1.29, 1.82) is 0 Å². The number of benzene rings is 1. The van der Waals surface area contributed by atoms with Crippen LogP contribution in [-0.2, 0) is 0 Å². The third-order valence-corrected chi connectivity index (χ3v) is 3.29. The fourth-order valence-electron chi connectivity index (χ4n) is 1.75. The van der Waals surface area contributed by atoms with Crippen LogP contribution in [0.25, 0.3) is 0 Å². The van der Waals surface area contributed by atoms with E-state index in [1.54, 1.807) is 7.11 Å². The highest BCUT2D eigenvalue weighted by molar-refractivity contribution is 5.40. The van der Waals surface area contributed by atoms with Crippen molar-refractivity contribution in [2.45, 2.75) is 25.4 Å². The van der Waals surface area contributed by atoms with Crippen molar-refractivity contribution >= 4 is 0 Å². The van der Waals surface area contributed by atoms with Gasteiger partial charge >= 0.3 is 0 Å². The molecular formula is C14H16O2. The fourth-order valence-corrected chi connectivity index (χ4v) is 1.75. The largest absolute Gasteiger partial charge is 0.497 e. The second-order valence-corrected chi connectivity index (χ2v) is 4.34. The summed E-state index contributed by atoms with van der Waals surface area (Å²) in [5.41, 5.74) is 0.147. The summed E-state index contributed by atoms with van der Waals surface area (Å²) in [6, 6.07) is 7.55. The first-order valence-electron chi connectivity index (χ1n) is 5.54. The van der Waals surface area contributed by atoms with Gasteiger partial charge in [0.25, 0.3) is 0 Å². The molecule has 2 heteroatoms. The fraction of sp³-hybridized carbons (Fsp3) is 0.429. The quantitative estimate of drug-likeness (QED) is 0.729. The van der Waals surface area contributed by atoms with E-state index < -0.39 is 5.60 Å². The third kappa shape index (κ3) is 2.05. The molecule has 0 aromatic heterocycles. The van der Waals surface area contributed by atoms with Crippen molar-refractivity contribution in [3.63, 3.8) is 0 Å². The molecule has 2 nitrogen and oxygen atoms in total. The number of aliphatic hydroxyl groups is 1. The maximum absolute atomic E-state index is 10.0. The molecule has 1 aromatic carbocycles. The maximum Gasteiger partial charge on any atom is 0.128 e. The number of ether oxygens (including phenoxy) is 1. The summed E-state index contributed by atoms with van der Waals surface area (Å²) in [6.45, 7) is 2.03. The lowest BCUT2D eigenvalue weighted by Gasteiger charge is -2.39. The van der Waals surface area contributed by atoms with Crippen LogP contribution in [0.2, 0.25) is 0 Å². The lowest BCUT2D eigenvalue weighted by molar-refractivity contribution is -0.0331. The van der Waals surface area contributed by atoms with E-state index >= 15 is 0 Å². The predicted octanol–water partition coefficient (Wildman–Crippen LogP) is 2.21.